The Morgan fingerprint density at radius 1 is 1.09 bits per heavy atom. The highest BCUT2D eigenvalue weighted by atomic mass is 19.1. The number of halogens is 1. The van der Waals surface area contributed by atoms with E-state index in [1.165, 1.54) is 18.3 Å². The third-order valence-corrected chi connectivity index (χ3v) is 3.94. The molecule has 5 nitrogen and oxygen atoms in total. The first-order valence-corrected chi connectivity index (χ1v) is 7.70. The Hall–Kier alpha value is -2.34. The third-order valence-electron chi connectivity index (χ3n) is 3.94. The number of hydrogen-bond donors (Lipinski definition) is 1. The average Bonchev–Trinajstić information content (AvgIpc) is 2.57. The molecule has 122 valence electrons. The molecule has 0 unspecified atom stereocenters. The molecule has 1 saturated heterocycles. The maximum Gasteiger partial charge on any atom is 0.135 e. The molecule has 1 aromatic carbocycles. The quantitative estimate of drug-likeness (QED) is 0.915. The van der Waals surface area contributed by atoms with Crippen molar-refractivity contribution in [2.75, 3.05) is 44.2 Å². The lowest BCUT2D eigenvalue weighted by molar-refractivity contribution is 0.200. The van der Waals surface area contributed by atoms with Crippen molar-refractivity contribution in [3.63, 3.8) is 0 Å². The van der Waals surface area contributed by atoms with Gasteiger partial charge in [-0.3, -0.25) is 9.88 Å². The molecule has 1 fully saturated rings. The molecule has 3 rings (SSSR count). The van der Waals surface area contributed by atoms with Gasteiger partial charge in [-0.1, -0.05) is 0 Å². The number of aromatic hydroxyl groups is 1. The molecule has 0 saturated carbocycles. The molecule has 0 bridgehead atoms. The zero-order valence-corrected chi connectivity index (χ0v) is 12.9. The normalized spacial score (nSPS) is 15.6. The van der Waals surface area contributed by atoms with Crippen molar-refractivity contribution in [1.29, 1.82) is 0 Å². The maximum atomic E-state index is 12.8. The number of ether oxygens (including phenoxy) is 1. The number of anilines is 1. The van der Waals surface area contributed by atoms with E-state index in [2.05, 4.69) is 14.8 Å². The second kappa shape index (κ2) is 7.28. The Morgan fingerprint density at radius 3 is 2.52 bits per heavy atom. The highest BCUT2D eigenvalue weighted by Crippen LogP contribution is 2.19. The fourth-order valence-electron chi connectivity index (χ4n) is 2.64. The molecule has 1 aliphatic heterocycles. The SMILES string of the molecule is Oc1cncc(N2CCN(CCOc3ccc(F)cc3)CC2)c1. The van der Waals surface area contributed by atoms with Gasteiger partial charge in [0.1, 0.15) is 23.9 Å². The van der Waals surface area contributed by atoms with Crippen molar-refractivity contribution in [3.8, 4) is 11.5 Å². The highest BCUT2D eigenvalue weighted by Gasteiger charge is 2.17. The van der Waals surface area contributed by atoms with Crippen molar-refractivity contribution in [3.05, 3.63) is 48.5 Å². The number of nitrogens with zero attached hydrogens (tertiary/aromatic N) is 3. The van der Waals surface area contributed by atoms with Crippen molar-refractivity contribution < 1.29 is 14.2 Å². The molecule has 2 aromatic rings. The summed E-state index contributed by atoms with van der Waals surface area (Å²) in [5.41, 5.74) is 0.951. The van der Waals surface area contributed by atoms with Gasteiger partial charge >= 0.3 is 0 Å². The number of benzene rings is 1. The van der Waals surface area contributed by atoms with Crippen LogP contribution in [0.15, 0.2) is 42.7 Å². The number of pyridine rings is 1. The number of piperazine rings is 1. The van der Waals surface area contributed by atoms with Gasteiger partial charge in [0.2, 0.25) is 0 Å². The minimum absolute atomic E-state index is 0.192. The van der Waals surface area contributed by atoms with Gasteiger partial charge in [-0.2, -0.15) is 0 Å². The molecule has 6 heteroatoms. The average molecular weight is 317 g/mol. The van der Waals surface area contributed by atoms with E-state index in [0.717, 1.165) is 38.4 Å². The van der Waals surface area contributed by atoms with Crippen molar-refractivity contribution in [1.82, 2.24) is 9.88 Å². The molecule has 0 aliphatic carbocycles. The molecule has 23 heavy (non-hydrogen) atoms. The van der Waals surface area contributed by atoms with Crippen LogP contribution in [0.5, 0.6) is 11.5 Å². The van der Waals surface area contributed by atoms with Gasteiger partial charge in [0.25, 0.3) is 0 Å². The van der Waals surface area contributed by atoms with Crippen molar-refractivity contribution >= 4 is 5.69 Å². The molecule has 1 aromatic heterocycles. The molecule has 0 spiro atoms. The summed E-state index contributed by atoms with van der Waals surface area (Å²) in [6, 6.07) is 7.82. The van der Waals surface area contributed by atoms with Crippen molar-refractivity contribution in [2.24, 2.45) is 0 Å². The van der Waals surface area contributed by atoms with Crippen LogP contribution in [0, 0.1) is 5.82 Å². The van der Waals surface area contributed by atoms with Crippen molar-refractivity contribution in [2.45, 2.75) is 0 Å². The minimum Gasteiger partial charge on any atom is -0.506 e. The lowest BCUT2D eigenvalue weighted by Crippen LogP contribution is -2.47. The second-order valence-corrected chi connectivity index (χ2v) is 5.53. The van der Waals surface area contributed by atoms with Crippen LogP contribution in [0.3, 0.4) is 0 Å². The van der Waals surface area contributed by atoms with E-state index in [9.17, 15) is 9.50 Å². The second-order valence-electron chi connectivity index (χ2n) is 5.53. The summed E-state index contributed by atoms with van der Waals surface area (Å²) in [7, 11) is 0. The molecule has 0 radical (unpaired) electrons. The summed E-state index contributed by atoms with van der Waals surface area (Å²) in [5, 5.41) is 9.50. The first-order chi connectivity index (χ1) is 11.2. The summed E-state index contributed by atoms with van der Waals surface area (Å²) in [5.74, 6) is 0.628. The van der Waals surface area contributed by atoms with E-state index < -0.39 is 0 Å². The molecular weight excluding hydrogens is 297 g/mol. The Bertz CT molecular complexity index is 628. The van der Waals surface area contributed by atoms with E-state index in [0.29, 0.717) is 12.4 Å². The largest absolute Gasteiger partial charge is 0.506 e. The van der Waals surface area contributed by atoms with Crippen LogP contribution in [-0.4, -0.2) is 54.3 Å². The highest BCUT2D eigenvalue weighted by molar-refractivity contribution is 5.48. The number of rotatable bonds is 5. The Labute approximate surface area is 134 Å². The summed E-state index contributed by atoms with van der Waals surface area (Å²) < 4.78 is 18.4. The zero-order chi connectivity index (χ0) is 16.1. The molecule has 1 aliphatic rings. The predicted octanol–water partition coefficient (Wildman–Crippen LogP) is 2.13. The summed E-state index contributed by atoms with van der Waals surface area (Å²) >= 11 is 0. The van der Waals surface area contributed by atoms with Gasteiger partial charge in [-0.15, -0.1) is 0 Å². The molecule has 0 amide bonds. The molecule has 1 N–H and O–H groups in total. The van der Waals surface area contributed by atoms with Gasteiger partial charge in [0, 0.05) is 38.8 Å². The first-order valence-electron chi connectivity index (χ1n) is 7.70. The number of hydrogen-bond acceptors (Lipinski definition) is 5. The van der Waals surface area contributed by atoms with Crippen LogP contribution in [0.1, 0.15) is 0 Å². The number of aromatic nitrogens is 1. The Balaban J connectivity index is 1.41. The van der Waals surface area contributed by atoms with Gasteiger partial charge in [-0.05, 0) is 24.3 Å². The van der Waals surface area contributed by atoms with E-state index in [1.54, 1.807) is 24.4 Å². The van der Waals surface area contributed by atoms with Crippen LogP contribution in [0.4, 0.5) is 10.1 Å². The van der Waals surface area contributed by atoms with E-state index in [-0.39, 0.29) is 11.6 Å². The van der Waals surface area contributed by atoms with Crippen LogP contribution >= 0.6 is 0 Å². The van der Waals surface area contributed by atoms with Gasteiger partial charge in [-0.25, -0.2) is 4.39 Å². The molecule has 2 heterocycles. The van der Waals surface area contributed by atoms with E-state index >= 15 is 0 Å². The minimum atomic E-state index is -0.255. The van der Waals surface area contributed by atoms with Gasteiger partial charge < -0.3 is 14.7 Å². The topological polar surface area (TPSA) is 48.8 Å². The van der Waals surface area contributed by atoms with Crippen LogP contribution in [0.25, 0.3) is 0 Å². The monoisotopic (exact) mass is 317 g/mol. The molecular formula is C17H20FN3O2. The van der Waals surface area contributed by atoms with E-state index in [4.69, 9.17) is 4.74 Å². The zero-order valence-electron chi connectivity index (χ0n) is 12.9. The predicted molar refractivity (Wildman–Crippen MR) is 86.4 cm³/mol. The summed E-state index contributed by atoms with van der Waals surface area (Å²) in [6.07, 6.45) is 3.21. The summed E-state index contributed by atoms with van der Waals surface area (Å²) in [6.45, 7) is 5.07. The smallest absolute Gasteiger partial charge is 0.135 e. The Kier molecular flexibility index (Phi) is 4.92. The van der Waals surface area contributed by atoms with E-state index in [1.807, 2.05) is 0 Å². The molecule has 0 atom stereocenters. The Morgan fingerprint density at radius 2 is 1.83 bits per heavy atom. The van der Waals surface area contributed by atoms with Crippen LogP contribution in [0.2, 0.25) is 0 Å². The third kappa shape index (κ3) is 4.32. The van der Waals surface area contributed by atoms with Gasteiger partial charge in [0.15, 0.2) is 0 Å². The van der Waals surface area contributed by atoms with Gasteiger partial charge in [0.05, 0.1) is 18.1 Å². The van der Waals surface area contributed by atoms with Crippen LogP contribution < -0.4 is 9.64 Å². The standard InChI is InChI=1S/C17H20FN3O2/c18-14-1-3-17(4-2-14)23-10-9-20-5-7-21(8-6-20)15-11-16(22)13-19-12-15/h1-4,11-13,22H,5-10H2. The first kappa shape index (κ1) is 15.6. The summed E-state index contributed by atoms with van der Waals surface area (Å²) in [4.78, 5) is 8.56. The fraction of sp³-hybridized carbons (Fsp3) is 0.353. The lowest BCUT2D eigenvalue weighted by Gasteiger charge is -2.35. The maximum absolute atomic E-state index is 12.8. The lowest BCUT2D eigenvalue weighted by atomic mass is 10.2. The fourth-order valence-corrected chi connectivity index (χ4v) is 2.64. The van der Waals surface area contributed by atoms with Crippen LogP contribution in [-0.2, 0) is 0 Å².